The highest BCUT2D eigenvalue weighted by Crippen LogP contribution is 2.20. The molecule has 0 aliphatic heterocycles. The quantitative estimate of drug-likeness (QED) is 0.773. The third kappa shape index (κ3) is 2.90. The van der Waals surface area contributed by atoms with E-state index in [9.17, 15) is 0 Å². The molecule has 0 spiro atoms. The molecule has 1 aliphatic rings. The van der Waals surface area contributed by atoms with Crippen LogP contribution >= 0.6 is 0 Å². The van der Waals surface area contributed by atoms with E-state index in [1.165, 1.54) is 22.4 Å². The van der Waals surface area contributed by atoms with Crippen LogP contribution in [0.3, 0.4) is 0 Å². The van der Waals surface area contributed by atoms with Crippen LogP contribution in [-0.4, -0.2) is 31.0 Å². The summed E-state index contributed by atoms with van der Waals surface area (Å²) in [4.78, 5) is 4.01. The molecule has 6 heteroatoms. The van der Waals surface area contributed by atoms with E-state index >= 15 is 0 Å². The summed E-state index contributed by atoms with van der Waals surface area (Å²) < 4.78 is 1.80. The van der Waals surface area contributed by atoms with Crippen LogP contribution < -0.4 is 5.32 Å². The lowest BCUT2D eigenvalue weighted by atomic mass is 9.93. The number of aromatic amines is 1. The van der Waals surface area contributed by atoms with Gasteiger partial charge < -0.3 is 5.32 Å². The van der Waals surface area contributed by atoms with E-state index < -0.39 is 0 Å². The van der Waals surface area contributed by atoms with Crippen LogP contribution in [0, 0.1) is 6.92 Å². The van der Waals surface area contributed by atoms with Gasteiger partial charge >= 0.3 is 0 Å². The Labute approximate surface area is 135 Å². The standard InChI is InChI=1S/C17H20N6/c1-12-6-13(2-5-17(12)23-11-18-10-21-23)8-19-15-3-4-16-14(7-15)9-20-22-16/h2,5-6,9-11,15,19H,3-4,7-8H2,1H3,(H,20,22). The minimum Gasteiger partial charge on any atom is -0.310 e. The third-order valence-electron chi connectivity index (χ3n) is 4.54. The molecule has 2 N–H and O–H groups in total. The van der Waals surface area contributed by atoms with Gasteiger partial charge in [-0.2, -0.15) is 10.2 Å². The average Bonchev–Trinajstić information content (AvgIpc) is 3.24. The van der Waals surface area contributed by atoms with Gasteiger partial charge in [0.2, 0.25) is 0 Å². The third-order valence-corrected chi connectivity index (χ3v) is 4.54. The van der Waals surface area contributed by atoms with Crippen molar-refractivity contribution in [2.24, 2.45) is 0 Å². The Morgan fingerprint density at radius 3 is 3.17 bits per heavy atom. The van der Waals surface area contributed by atoms with Crippen LogP contribution in [0.25, 0.3) is 5.69 Å². The van der Waals surface area contributed by atoms with Crippen molar-refractivity contribution in [3.63, 3.8) is 0 Å². The molecule has 0 bridgehead atoms. The summed E-state index contributed by atoms with van der Waals surface area (Å²) in [6.45, 7) is 3.00. The largest absolute Gasteiger partial charge is 0.310 e. The van der Waals surface area contributed by atoms with E-state index in [0.29, 0.717) is 6.04 Å². The molecule has 0 radical (unpaired) electrons. The summed E-state index contributed by atoms with van der Waals surface area (Å²) in [5, 5.41) is 15.1. The van der Waals surface area contributed by atoms with Crippen molar-refractivity contribution < 1.29 is 0 Å². The molecule has 1 aromatic carbocycles. The van der Waals surface area contributed by atoms with Gasteiger partial charge in [-0.25, -0.2) is 9.67 Å². The van der Waals surface area contributed by atoms with Gasteiger partial charge in [0.05, 0.1) is 11.9 Å². The molecule has 2 heterocycles. The van der Waals surface area contributed by atoms with Gasteiger partial charge in [0.25, 0.3) is 0 Å². The zero-order valence-corrected chi connectivity index (χ0v) is 13.2. The Morgan fingerprint density at radius 2 is 2.35 bits per heavy atom. The number of aromatic nitrogens is 5. The Kier molecular flexibility index (Phi) is 3.67. The number of hydrogen-bond donors (Lipinski definition) is 2. The number of fused-ring (bicyclic) bond motifs is 1. The maximum absolute atomic E-state index is 4.19. The van der Waals surface area contributed by atoms with Gasteiger partial charge in [-0.1, -0.05) is 12.1 Å². The molecule has 3 aromatic rings. The van der Waals surface area contributed by atoms with E-state index in [-0.39, 0.29) is 0 Å². The second kappa shape index (κ2) is 5.96. The van der Waals surface area contributed by atoms with Crippen molar-refractivity contribution in [3.05, 3.63) is 59.4 Å². The second-order valence-corrected chi connectivity index (χ2v) is 6.16. The predicted molar refractivity (Wildman–Crippen MR) is 87.3 cm³/mol. The molecular formula is C17H20N6. The van der Waals surface area contributed by atoms with Gasteiger partial charge in [0.1, 0.15) is 12.7 Å². The molecule has 118 valence electrons. The van der Waals surface area contributed by atoms with Crippen molar-refractivity contribution >= 4 is 0 Å². The van der Waals surface area contributed by atoms with Gasteiger partial charge in [-0.15, -0.1) is 0 Å². The summed E-state index contributed by atoms with van der Waals surface area (Å²) in [5.74, 6) is 0. The van der Waals surface area contributed by atoms with Crippen LogP contribution in [-0.2, 0) is 19.4 Å². The fraction of sp³-hybridized carbons (Fsp3) is 0.353. The highest BCUT2D eigenvalue weighted by atomic mass is 15.3. The van der Waals surface area contributed by atoms with Crippen molar-refractivity contribution in [2.45, 2.75) is 38.8 Å². The molecule has 6 nitrogen and oxygen atoms in total. The Bertz CT molecular complexity index is 789. The first-order valence-corrected chi connectivity index (χ1v) is 7.98. The number of benzene rings is 1. The topological polar surface area (TPSA) is 71.4 Å². The van der Waals surface area contributed by atoms with E-state index in [1.54, 1.807) is 17.3 Å². The average molecular weight is 308 g/mol. The fourth-order valence-electron chi connectivity index (χ4n) is 3.27. The van der Waals surface area contributed by atoms with E-state index in [0.717, 1.165) is 31.5 Å². The molecule has 4 rings (SSSR count). The first kappa shape index (κ1) is 14.1. The summed E-state index contributed by atoms with van der Waals surface area (Å²) >= 11 is 0. The van der Waals surface area contributed by atoms with Crippen LogP contribution in [0.1, 0.15) is 28.8 Å². The first-order valence-electron chi connectivity index (χ1n) is 7.98. The number of H-pyrrole nitrogens is 1. The summed E-state index contributed by atoms with van der Waals surface area (Å²) in [7, 11) is 0. The highest BCUT2D eigenvalue weighted by molar-refractivity contribution is 5.41. The maximum atomic E-state index is 4.19. The number of aryl methyl sites for hydroxylation is 2. The van der Waals surface area contributed by atoms with Crippen molar-refractivity contribution in [1.82, 2.24) is 30.3 Å². The summed E-state index contributed by atoms with van der Waals surface area (Å²) in [6.07, 6.45) is 8.54. The fourth-order valence-corrected chi connectivity index (χ4v) is 3.27. The Morgan fingerprint density at radius 1 is 1.39 bits per heavy atom. The van der Waals surface area contributed by atoms with E-state index in [2.05, 4.69) is 50.7 Å². The van der Waals surface area contributed by atoms with E-state index in [1.807, 2.05) is 6.20 Å². The summed E-state index contributed by atoms with van der Waals surface area (Å²) in [5.41, 5.74) is 6.23. The van der Waals surface area contributed by atoms with Gasteiger partial charge in [-0.3, -0.25) is 5.10 Å². The Hall–Kier alpha value is -2.47. The smallest absolute Gasteiger partial charge is 0.138 e. The number of rotatable bonds is 4. The lowest BCUT2D eigenvalue weighted by molar-refractivity contribution is 0.455. The van der Waals surface area contributed by atoms with E-state index in [4.69, 9.17) is 0 Å². The van der Waals surface area contributed by atoms with Gasteiger partial charge in [-0.05, 0) is 48.9 Å². The zero-order valence-electron chi connectivity index (χ0n) is 13.2. The molecular weight excluding hydrogens is 288 g/mol. The van der Waals surface area contributed by atoms with Crippen molar-refractivity contribution in [2.75, 3.05) is 0 Å². The molecule has 0 saturated carbocycles. The Balaban J connectivity index is 1.41. The lowest BCUT2D eigenvalue weighted by Crippen LogP contribution is -2.33. The molecule has 0 amide bonds. The molecule has 23 heavy (non-hydrogen) atoms. The molecule has 0 fully saturated rings. The van der Waals surface area contributed by atoms with Crippen LogP contribution in [0.5, 0.6) is 0 Å². The highest BCUT2D eigenvalue weighted by Gasteiger charge is 2.19. The molecule has 1 unspecified atom stereocenters. The molecule has 0 saturated heterocycles. The normalized spacial score (nSPS) is 17.2. The maximum Gasteiger partial charge on any atom is 0.138 e. The minimum absolute atomic E-state index is 0.524. The second-order valence-electron chi connectivity index (χ2n) is 6.16. The molecule has 1 aliphatic carbocycles. The molecule has 1 atom stereocenters. The minimum atomic E-state index is 0.524. The van der Waals surface area contributed by atoms with Crippen LogP contribution in [0.4, 0.5) is 0 Å². The first-order chi connectivity index (χ1) is 11.3. The van der Waals surface area contributed by atoms with Crippen molar-refractivity contribution in [3.8, 4) is 5.69 Å². The van der Waals surface area contributed by atoms with Crippen LogP contribution in [0.2, 0.25) is 0 Å². The SMILES string of the molecule is Cc1cc(CNC2CCc3[nH]ncc3C2)ccc1-n1cncn1. The zero-order chi connectivity index (χ0) is 15.6. The summed E-state index contributed by atoms with van der Waals surface area (Å²) in [6, 6.07) is 7.00. The van der Waals surface area contributed by atoms with Crippen LogP contribution in [0.15, 0.2) is 37.1 Å². The van der Waals surface area contributed by atoms with Gasteiger partial charge in [0, 0.05) is 18.3 Å². The molecule has 2 aromatic heterocycles. The number of nitrogens with one attached hydrogen (secondary N) is 2. The monoisotopic (exact) mass is 308 g/mol. The number of nitrogens with zero attached hydrogens (tertiary/aromatic N) is 4. The predicted octanol–water partition coefficient (Wildman–Crippen LogP) is 1.95. The van der Waals surface area contributed by atoms with Crippen molar-refractivity contribution in [1.29, 1.82) is 0 Å². The number of hydrogen-bond acceptors (Lipinski definition) is 4. The lowest BCUT2D eigenvalue weighted by Gasteiger charge is -2.23. The van der Waals surface area contributed by atoms with Gasteiger partial charge in [0.15, 0.2) is 0 Å².